The monoisotopic (exact) mass is 261 g/mol. The highest BCUT2D eigenvalue weighted by Gasteiger charge is 2.22. The van der Waals surface area contributed by atoms with Crippen molar-refractivity contribution in [1.29, 1.82) is 0 Å². The molecular formula is C15H23N3O. The Morgan fingerprint density at radius 2 is 2.05 bits per heavy atom. The van der Waals surface area contributed by atoms with Crippen molar-refractivity contribution in [2.75, 3.05) is 25.0 Å². The van der Waals surface area contributed by atoms with Crippen LogP contribution < -0.4 is 10.6 Å². The Balaban J connectivity index is 1.98. The normalized spacial score (nSPS) is 19.6. The molecule has 0 aliphatic carbocycles. The van der Waals surface area contributed by atoms with Gasteiger partial charge >= 0.3 is 6.03 Å². The van der Waals surface area contributed by atoms with E-state index in [4.69, 9.17) is 0 Å². The predicted octanol–water partition coefficient (Wildman–Crippen LogP) is 2.64. The highest BCUT2D eigenvalue weighted by Crippen LogP contribution is 2.17. The smallest absolute Gasteiger partial charge is 0.319 e. The maximum atomic E-state index is 12.2. The number of anilines is 1. The van der Waals surface area contributed by atoms with E-state index in [2.05, 4.69) is 43.5 Å². The van der Waals surface area contributed by atoms with Gasteiger partial charge < -0.3 is 15.5 Å². The topological polar surface area (TPSA) is 44.4 Å². The fourth-order valence-electron chi connectivity index (χ4n) is 2.29. The maximum absolute atomic E-state index is 12.2. The summed E-state index contributed by atoms with van der Waals surface area (Å²) in [5.74, 6) is 0.512. The molecular weight excluding hydrogens is 238 g/mol. The molecule has 2 N–H and O–H groups in total. The first-order chi connectivity index (χ1) is 9.08. The first kappa shape index (κ1) is 13.9. The Morgan fingerprint density at radius 3 is 2.63 bits per heavy atom. The molecule has 19 heavy (non-hydrogen) atoms. The maximum Gasteiger partial charge on any atom is 0.322 e. The van der Waals surface area contributed by atoms with Gasteiger partial charge in [0.05, 0.1) is 0 Å². The lowest BCUT2D eigenvalue weighted by molar-refractivity contribution is 0.177. The van der Waals surface area contributed by atoms with E-state index < -0.39 is 0 Å². The number of nitrogens with zero attached hydrogens (tertiary/aromatic N) is 1. The average molecular weight is 261 g/mol. The van der Waals surface area contributed by atoms with Gasteiger partial charge in [0.1, 0.15) is 0 Å². The molecule has 1 atom stereocenters. The minimum atomic E-state index is -0.00806. The van der Waals surface area contributed by atoms with Crippen molar-refractivity contribution in [3.8, 4) is 0 Å². The zero-order chi connectivity index (χ0) is 13.8. The second-order valence-electron chi connectivity index (χ2n) is 5.45. The van der Waals surface area contributed by atoms with Gasteiger partial charge in [0, 0.05) is 31.4 Å². The molecule has 104 valence electrons. The Labute approximate surface area is 115 Å². The fraction of sp³-hybridized carbons (Fsp3) is 0.533. The lowest BCUT2D eigenvalue weighted by atomic mass is 10.0. The van der Waals surface area contributed by atoms with Gasteiger partial charge in [-0.3, -0.25) is 0 Å². The quantitative estimate of drug-likeness (QED) is 0.859. The summed E-state index contributed by atoms with van der Waals surface area (Å²) in [4.78, 5) is 14.1. The highest BCUT2D eigenvalue weighted by atomic mass is 16.2. The molecule has 4 heteroatoms. The summed E-state index contributed by atoms with van der Waals surface area (Å²) in [5.41, 5.74) is 2.15. The number of carbonyl (C=O) groups is 1. The molecule has 0 saturated carbocycles. The van der Waals surface area contributed by atoms with E-state index in [9.17, 15) is 4.79 Å². The minimum absolute atomic E-state index is 0.00806. The Hall–Kier alpha value is -1.55. The van der Waals surface area contributed by atoms with Crippen molar-refractivity contribution < 1.29 is 4.79 Å². The van der Waals surface area contributed by atoms with Crippen LogP contribution in [0, 0.1) is 0 Å². The molecule has 1 aliphatic heterocycles. The third-order valence-corrected chi connectivity index (χ3v) is 3.59. The number of rotatable bonds is 2. The lowest BCUT2D eigenvalue weighted by Crippen LogP contribution is -2.53. The Morgan fingerprint density at radius 1 is 1.37 bits per heavy atom. The van der Waals surface area contributed by atoms with Gasteiger partial charge in [-0.1, -0.05) is 26.0 Å². The molecule has 2 amide bonds. The molecule has 1 heterocycles. The summed E-state index contributed by atoms with van der Waals surface area (Å²) in [6.45, 7) is 8.88. The van der Waals surface area contributed by atoms with Crippen molar-refractivity contribution in [3.05, 3.63) is 29.8 Å². The molecule has 1 unspecified atom stereocenters. The molecule has 0 bridgehead atoms. The zero-order valence-electron chi connectivity index (χ0n) is 11.9. The molecule has 1 aromatic rings. The largest absolute Gasteiger partial charge is 0.322 e. The molecule has 1 aromatic carbocycles. The number of urea groups is 1. The first-order valence-corrected chi connectivity index (χ1v) is 6.96. The van der Waals surface area contributed by atoms with Crippen LogP contribution in [0.2, 0.25) is 0 Å². The van der Waals surface area contributed by atoms with E-state index >= 15 is 0 Å². The van der Waals surface area contributed by atoms with Crippen LogP contribution in [0.25, 0.3) is 0 Å². The van der Waals surface area contributed by atoms with E-state index in [1.54, 1.807) is 0 Å². The molecule has 4 nitrogen and oxygen atoms in total. The number of hydrogen-bond acceptors (Lipinski definition) is 2. The van der Waals surface area contributed by atoms with Crippen LogP contribution in [-0.4, -0.2) is 36.6 Å². The minimum Gasteiger partial charge on any atom is -0.319 e. The summed E-state index contributed by atoms with van der Waals surface area (Å²) in [7, 11) is 0. The molecule has 1 saturated heterocycles. The number of benzene rings is 1. The summed E-state index contributed by atoms with van der Waals surface area (Å²) >= 11 is 0. The van der Waals surface area contributed by atoms with Crippen molar-refractivity contribution in [3.63, 3.8) is 0 Å². The molecule has 1 aliphatic rings. The SMILES string of the molecule is CC(C)c1ccc(NC(=O)N2CCNCC2C)cc1. The van der Waals surface area contributed by atoms with Crippen molar-refractivity contribution in [2.24, 2.45) is 0 Å². The predicted molar refractivity (Wildman–Crippen MR) is 78.6 cm³/mol. The van der Waals surface area contributed by atoms with Gasteiger partial charge in [-0.05, 0) is 30.5 Å². The molecule has 0 aromatic heterocycles. The third kappa shape index (κ3) is 3.47. The van der Waals surface area contributed by atoms with Gasteiger partial charge in [-0.15, -0.1) is 0 Å². The van der Waals surface area contributed by atoms with E-state index in [-0.39, 0.29) is 12.1 Å². The summed E-state index contributed by atoms with van der Waals surface area (Å²) in [6, 6.07) is 8.32. The Bertz CT molecular complexity index is 428. The summed E-state index contributed by atoms with van der Waals surface area (Å²) < 4.78 is 0. The molecule has 0 spiro atoms. The fourth-order valence-corrected chi connectivity index (χ4v) is 2.29. The van der Waals surface area contributed by atoms with Gasteiger partial charge in [0.25, 0.3) is 0 Å². The number of piperazine rings is 1. The molecule has 2 rings (SSSR count). The van der Waals surface area contributed by atoms with Gasteiger partial charge in [-0.2, -0.15) is 0 Å². The van der Waals surface area contributed by atoms with Crippen LogP contribution >= 0.6 is 0 Å². The second-order valence-corrected chi connectivity index (χ2v) is 5.45. The molecule has 1 fully saturated rings. The van der Waals surface area contributed by atoms with Crippen LogP contribution in [0.3, 0.4) is 0 Å². The van der Waals surface area contributed by atoms with E-state index in [0.717, 1.165) is 25.3 Å². The van der Waals surface area contributed by atoms with E-state index in [0.29, 0.717) is 5.92 Å². The number of nitrogens with one attached hydrogen (secondary N) is 2. The average Bonchev–Trinajstić information content (AvgIpc) is 2.39. The van der Waals surface area contributed by atoms with E-state index in [1.165, 1.54) is 5.56 Å². The van der Waals surface area contributed by atoms with Crippen LogP contribution in [0.5, 0.6) is 0 Å². The van der Waals surface area contributed by atoms with Crippen molar-refractivity contribution in [1.82, 2.24) is 10.2 Å². The van der Waals surface area contributed by atoms with Crippen LogP contribution in [-0.2, 0) is 0 Å². The van der Waals surface area contributed by atoms with Crippen LogP contribution in [0.15, 0.2) is 24.3 Å². The van der Waals surface area contributed by atoms with Gasteiger partial charge in [0.15, 0.2) is 0 Å². The number of carbonyl (C=O) groups excluding carboxylic acids is 1. The molecule has 0 radical (unpaired) electrons. The third-order valence-electron chi connectivity index (χ3n) is 3.59. The van der Waals surface area contributed by atoms with Gasteiger partial charge in [0.2, 0.25) is 0 Å². The van der Waals surface area contributed by atoms with E-state index in [1.807, 2.05) is 17.0 Å². The van der Waals surface area contributed by atoms with Gasteiger partial charge in [-0.25, -0.2) is 4.79 Å². The number of hydrogen-bond donors (Lipinski definition) is 2. The zero-order valence-corrected chi connectivity index (χ0v) is 11.9. The Kier molecular flexibility index (Phi) is 4.43. The van der Waals surface area contributed by atoms with Crippen molar-refractivity contribution >= 4 is 11.7 Å². The van der Waals surface area contributed by atoms with Crippen molar-refractivity contribution in [2.45, 2.75) is 32.7 Å². The summed E-state index contributed by atoms with van der Waals surface area (Å²) in [6.07, 6.45) is 0. The number of amides is 2. The van der Waals surface area contributed by atoms with Crippen LogP contribution in [0.1, 0.15) is 32.3 Å². The first-order valence-electron chi connectivity index (χ1n) is 6.96. The summed E-state index contributed by atoms with van der Waals surface area (Å²) in [5, 5.41) is 6.25. The lowest BCUT2D eigenvalue weighted by Gasteiger charge is -2.33. The highest BCUT2D eigenvalue weighted by molar-refractivity contribution is 5.89. The van der Waals surface area contributed by atoms with Crippen LogP contribution in [0.4, 0.5) is 10.5 Å². The second kappa shape index (κ2) is 6.06. The standard InChI is InChI=1S/C15H23N3O/c1-11(2)13-4-6-14(7-5-13)17-15(19)18-9-8-16-10-12(18)3/h4-7,11-12,16H,8-10H2,1-3H3,(H,17,19).